The van der Waals surface area contributed by atoms with E-state index in [9.17, 15) is 4.79 Å². The summed E-state index contributed by atoms with van der Waals surface area (Å²) >= 11 is 3.46. The van der Waals surface area contributed by atoms with Crippen LogP contribution in [0.25, 0.3) is 0 Å². The van der Waals surface area contributed by atoms with Gasteiger partial charge in [-0.3, -0.25) is 4.79 Å². The Morgan fingerprint density at radius 1 is 1.26 bits per heavy atom. The van der Waals surface area contributed by atoms with Gasteiger partial charge in [0.15, 0.2) is 0 Å². The quantitative estimate of drug-likeness (QED) is 0.890. The molecule has 0 saturated carbocycles. The lowest BCUT2D eigenvalue weighted by atomic mass is 10.1. The van der Waals surface area contributed by atoms with Crippen molar-refractivity contribution in [3.63, 3.8) is 0 Å². The van der Waals surface area contributed by atoms with Crippen LogP contribution in [0.15, 0.2) is 46.9 Å². The molecule has 3 nitrogen and oxygen atoms in total. The summed E-state index contributed by atoms with van der Waals surface area (Å²) in [6.45, 7) is 2.01. The summed E-state index contributed by atoms with van der Waals surface area (Å²) < 4.78 is 1.05. The molecule has 0 amide bonds. The van der Waals surface area contributed by atoms with Crippen LogP contribution in [0.1, 0.15) is 11.1 Å². The van der Waals surface area contributed by atoms with Crippen molar-refractivity contribution in [2.45, 2.75) is 13.3 Å². The molecule has 0 heterocycles. The molecule has 0 spiro atoms. The Hall–Kier alpha value is -1.81. The van der Waals surface area contributed by atoms with Gasteiger partial charge in [-0.25, -0.2) is 0 Å². The highest BCUT2D eigenvalue weighted by Crippen LogP contribution is 2.25. The average molecular weight is 320 g/mol. The van der Waals surface area contributed by atoms with Gasteiger partial charge < -0.3 is 10.4 Å². The minimum absolute atomic E-state index is 0.0126. The summed E-state index contributed by atoms with van der Waals surface area (Å²) in [4.78, 5) is 10.8. The standard InChI is InChI=1S/C15H14BrNO2/c1-10-8-12(6-7-13(10)16)17-14-5-3-2-4-11(14)9-15(18)19/h2-8,17H,9H2,1H3,(H,18,19). The van der Waals surface area contributed by atoms with Gasteiger partial charge in [0, 0.05) is 15.8 Å². The number of carbonyl (C=O) groups is 1. The summed E-state index contributed by atoms with van der Waals surface area (Å²) in [5, 5.41) is 12.2. The first-order valence-electron chi connectivity index (χ1n) is 5.89. The van der Waals surface area contributed by atoms with Gasteiger partial charge in [-0.15, -0.1) is 0 Å². The Balaban J connectivity index is 2.27. The molecule has 0 aromatic heterocycles. The minimum Gasteiger partial charge on any atom is -0.481 e. The lowest BCUT2D eigenvalue weighted by Gasteiger charge is -2.12. The van der Waals surface area contributed by atoms with Gasteiger partial charge in [-0.05, 0) is 42.3 Å². The number of carboxylic acids is 1. The normalized spacial score (nSPS) is 10.2. The number of hydrogen-bond donors (Lipinski definition) is 2. The van der Waals surface area contributed by atoms with Crippen molar-refractivity contribution in [1.29, 1.82) is 0 Å². The summed E-state index contributed by atoms with van der Waals surface area (Å²) in [7, 11) is 0. The van der Waals surface area contributed by atoms with E-state index in [2.05, 4.69) is 21.2 Å². The first-order chi connectivity index (χ1) is 9.06. The molecule has 2 N–H and O–H groups in total. The fraction of sp³-hybridized carbons (Fsp3) is 0.133. The summed E-state index contributed by atoms with van der Waals surface area (Å²) in [6, 6.07) is 13.4. The van der Waals surface area contributed by atoms with E-state index >= 15 is 0 Å². The Labute approximate surface area is 120 Å². The van der Waals surface area contributed by atoms with E-state index in [1.807, 2.05) is 49.4 Å². The first kappa shape index (κ1) is 13.6. The first-order valence-corrected chi connectivity index (χ1v) is 6.68. The molecule has 0 aliphatic heterocycles. The molecule has 2 rings (SSSR count). The van der Waals surface area contributed by atoms with Gasteiger partial charge in [-0.1, -0.05) is 34.1 Å². The molecule has 0 fully saturated rings. The van der Waals surface area contributed by atoms with E-state index in [0.29, 0.717) is 0 Å². The molecule has 98 valence electrons. The molecule has 0 bridgehead atoms. The number of anilines is 2. The molecule has 0 radical (unpaired) electrons. The lowest BCUT2D eigenvalue weighted by molar-refractivity contribution is -0.136. The monoisotopic (exact) mass is 319 g/mol. The highest BCUT2D eigenvalue weighted by Gasteiger charge is 2.06. The number of halogens is 1. The van der Waals surface area contributed by atoms with E-state index in [4.69, 9.17) is 5.11 Å². The zero-order valence-electron chi connectivity index (χ0n) is 10.5. The van der Waals surface area contributed by atoms with Crippen LogP contribution >= 0.6 is 15.9 Å². The molecule has 2 aromatic carbocycles. The number of nitrogens with one attached hydrogen (secondary N) is 1. The molecule has 2 aromatic rings. The maximum Gasteiger partial charge on any atom is 0.307 e. The third kappa shape index (κ3) is 3.58. The van der Waals surface area contributed by atoms with Crippen LogP contribution in [0, 0.1) is 6.92 Å². The molecule has 0 aliphatic carbocycles. The second-order valence-electron chi connectivity index (χ2n) is 4.32. The van der Waals surface area contributed by atoms with Gasteiger partial charge in [0.05, 0.1) is 6.42 Å². The van der Waals surface area contributed by atoms with E-state index in [1.165, 1.54) is 0 Å². The van der Waals surface area contributed by atoms with Gasteiger partial charge in [0.2, 0.25) is 0 Å². The van der Waals surface area contributed by atoms with Crippen LogP contribution in [0.2, 0.25) is 0 Å². The maximum absolute atomic E-state index is 10.8. The number of rotatable bonds is 4. The Morgan fingerprint density at radius 3 is 2.68 bits per heavy atom. The summed E-state index contributed by atoms with van der Waals surface area (Å²) in [5.41, 5.74) is 3.67. The van der Waals surface area contributed by atoms with Crippen molar-refractivity contribution in [1.82, 2.24) is 0 Å². The predicted molar refractivity (Wildman–Crippen MR) is 79.9 cm³/mol. The zero-order chi connectivity index (χ0) is 13.8. The third-order valence-electron chi connectivity index (χ3n) is 2.80. The molecule has 0 aliphatic rings. The number of hydrogen-bond acceptors (Lipinski definition) is 2. The van der Waals surface area contributed by atoms with Gasteiger partial charge >= 0.3 is 5.97 Å². The van der Waals surface area contributed by atoms with Crippen molar-refractivity contribution in [3.8, 4) is 0 Å². The summed E-state index contributed by atoms with van der Waals surface area (Å²) in [5.74, 6) is -0.832. The highest BCUT2D eigenvalue weighted by molar-refractivity contribution is 9.10. The van der Waals surface area contributed by atoms with E-state index < -0.39 is 5.97 Å². The third-order valence-corrected chi connectivity index (χ3v) is 3.69. The highest BCUT2D eigenvalue weighted by atomic mass is 79.9. The lowest BCUT2D eigenvalue weighted by Crippen LogP contribution is -2.03. The van der Waals surface area contributed by atoms with Crippen molar-refractivity contribution < 1.29 is 9.90 Å². The fourth-order valence-corrected chi connectivity index (χ4v) is 2.08. The smallest absolute Gasteiger partial charge is 0.307 e. The Morgan fingerprint density at radius 2 is 2.00 bits per heavy atom. The van der Waals surface area contributed by atoms with Crippen LogP contribution < -0.4 is 5.32 Å². The van der Waals surface area contributed by atoms with Crippen LogP contribution in [0.5, 0.6) is 0 Å². The SMILES string of the molecule is Cc1cc(Nc2ccccc2CC(=O)O)ccc1Br. The molecule has 0 saturated heterocycles. The van der Waals surface area contributed by atoms with Crippen LogP contribution in [0.4, 0.5) is 11.4 Å². The largest absolute Gasteiger partial charge is 0.481 e. The second-order valence-corrected chi connectivity index (χ2v) is 5.17. The number of benzene rings is 2. The fourth-order valence-electron chi connectivity index (χ4n) is 1.84. The minimum atomic E-state index is -0.832. The topological polar surface area (TPSA) is 49.3 Å². The van der Waals surface area contributed by atoms with Gasteiger partial charge in [-0.2, -0.15) is 0 Å². The van der Waals surface area contributed by atoms with E-state index in [0.717, 1.165) is 27.0 Å². The molecule has 19 heavy (non-hydrogen) atoms. The van der Waals surface area contributed by atoms with Gasteiger partial charge in [0.1, 0.15) is 0 Å². The zero-order valence-corrected chi connectivity index (χ0v) is 12.1. The van der Waals surface area contributed by atoms with E-state index in [-0.39, 0.29) is 6.42 Å². The maximum atomic E-state index is 10.8. The number of aryl methyl sites for hydroxylation is 1. The molecule has 0 atom stereocenters. The van der Waals surface area contributed by atoms with Crippen molar-refractivity contribution in [3.05, 3.63) is 58.1 Å². The Bertz CT molecular complexity index is 611. The second kappa shape index (κ2) is 5.89. The predicted octanol–water partition coefficient (Wildman–Crippen LogP) is 4.13. The van der Waals surface area contributed by atoms with Crippen LogP contribution in [0.3, 0.4) is 0 Å². The van der Waals surface area contributed by atoms with E-state index in [1.54, 1.807) is 0 Å². The van der Waals surface area contributed by atoms with Crippen molar-refractivity contribution in [2.75, 3.05) is 5.32 Å². The van der Waals surface area contributed by atoms with Gasteiger partial charge in [0.25, 0.3) is 0 Å². The Kier molecular flexibility index (Phi) is 4.22. The molecular weight excluding hydrogens is 306 g/mol. The number of carboxylic acid groups (broad SMARTS) is 1. The molecular formula is C15H14BrNO2. The number of aliphatic carboxylic acids is 1. The number of para-hydroxylation sites is 1. The van der Waals surface area contributed by atoms with Crippen LogP contribution in [-0.4, -0.2) is 11.1 Å². The molecule has 4 heteroatoms. The summed E-state index contributed by atoms with van der Waals surface area (Å²) in [6.07, 6.45) is 0.0126. The van der Waals surface area contributed by atoms with Crippen LogP contribution in [-0.2, 0) is 11.2 Å². The van der Waals surface area contributed by atoms with Crippen molar-refractivity contribution in [2.24, 2.45) is 0 Å². The average Bonchev–Trinajstić information content (AvgIpc) is 2.36. The molecule has 0 unspecified atom stereocenters. The van der Waals surface area contributed by atoms with Crippen molar-refractivity contribution >= 4 is 33.3 Å².